The highest BCUT2D eigenvalue weighted by molar-refractivity contribution is 5.73. The quantitative estimate of drug-likeness (QED) is 0.530. The fourth-order valence-electron chi connectivity index (χ4n) is 4.45. The van der Waals surface area contributed by atoms with Crippen molar-refractivity contribution >= 4 is 11.9 Å². The van der Waals surface area contributed by atoms with Crippen LogP contribution in [0.4, 0.5) is 0 Å². The molecule has 2 heterocycles. The molecule has 0 radical (unpaired) electrons. The summed E-state index contributed by atoms with van der Waals surface area (Å²) in [7, 11) is 0. The van der Waals surface area contributed by atoms with Gasteiger partial charge in [-0.2, -0.15) is 5.10 Å². The average molecular weight is 457 g/mol. The second-order valence-electron chi connectivity index (χ2n) is 9.57. The number of rotatable bonds is 10. The Bertz CT molecular complexity index is 985. The van der Waals surface area contributed by atoms with Crippen LogP contribution in [0.2, 0.25) is 0 Å². The molecule has 0 bridgehead atoms. The maximum Gasteiger partial charge on any atom is 0.310 e. The number of hydrogen-bond donors (Lipinski definition) is 2. The highest BCUT2D eigenvalue weighted by atomic mass is 16.5. The molecule has 1 saturated heterocycles. The van der Waals surface area contributed by atoms with E-state index in [-0.39, 0.29) is 24.5 Å². The monoisotopic (exact) mass is 456 g/mol. The highest BCUT2D eigenvalue weighted by Gasteiger charge is 2.34. The minimum atomic E-state index is -0.798. The molecule has 180 valence electrons. The van der Waals surface area contributed by atoms with Gasteiger partial charge in [0.15, 0.2) is 0 Å². The average Bonchev–Trinajstić information content (AvgIpc) is 3.32. The molecule has 8 heteroatoms. The molecule has 0 saturated carbocycles. The zero-order valence-corrected chi connectivity index (χ0v) is 20.3. The maximum atomic E-state index is 12.4. The third kappa shape index (κ3) is 6.42. The van der Waals surface area contributed by atoms with E-state index in [0.717, 1.165) is 42.1 Å². The molecule has 33 heavy (non-hydrogen) atoms. The predicted molar refractivity (Wildman–Crippen MR) is 126 cm³/mol. The number of carboxylic acids is 1. The smallest absolute Gasteiger partial charge is 0.310 e. The number of aliphatic carboxylic acids is 1. The fourth-order valence-corrected chi connectivity index (χ4v) is 4.45. The van der Waals surface area contributed by atoms with Crippen molar-refractivity contribution in [1.29, 1.82) is 0 Å². The molecule has 1 fully saturated rings. The number of esters is 1. The van der Waals surface area contributed by atoms with Gasteiger partial charge in [-0.25, -0.2) is 4.68 Å². The van der Waals surface area contributed by atoms with E-state index in [1.807, 2.05) is 49.7 Å². The number of ether oxygens (including phenoxy) is 1. The van der Waals surface area contributed by atoms with Crippen LogP contribution in [-0.4, -0.2) is 64.0 Å². The Morgan fingerprint density at radius 2 is 2.06 bits per heavy atom. The summed E-state index contributed by atoms with van der Waals surface area (Å²) in [6, 6.07) is 10.1. The van der Waals surface area contributed by atoms with E-state index in [4.69, 9.17) is 4.74 Å². The molecule has 1 unspecified atom stereocenters. The maximum absolute atomic E-state index is 12.4. The lowest BCUT2D eigenvalue weighted by molar-refractivity contribution is -0.148. The van der Waals surface area contributed by atoms with Crippen LogP contribution in [0.1, 0.15) is 56.6 Å². The number of hydrogen-bond acceptors (Lipinski definition) is 6. The highest BCUT2D eigenvalue weighted by Crippen LogP contribution is 2.25. The van der Waals surface area contributed by atoms with Crippen molar-refractivity contribution in [3.05, 3.63) is 47.3 Å². The Morgan fingerprint density at radius 3 is 2.70 bits per heavy atom. The first-order chi connectivity index (χ1) is 15.6. The largest absolute Gasteiger partial charge is 0.481 e. The van der Waals surface area contributed by atoms with Crippen LogP contribution in [0.5, 0.6) is 0 Å². The van der Waals surface area contributed by atoms with Crippen LogP contribution >= 0.6 is 0 Å². The van der Waals surface area contributed by atoms with Gasteiger partial charge in [-0.05, 0) is 71.3 Å². The summed E-state index contributed by atoms with van der Waals surface area (Å²) in [5.74, 6) is -1.03. The summed E-state index contributed by atoms with van der Waals surface area (Å²) in [4.78, 5) is 26.1. The van der Waals surface area contributed by atoms with Crippen LogP contribution in [0.3, 0.4) is 0 Å². The first-order valence-electron chi connectivity index (χ1n) is 11.6. The van der Waals surface area contributed by atoms with Gasteiger partial charge in [0.2, 0.25) is 0 Å². The number of carbonyl (C=O) groups excluding carboxylic acids is 1. The Labute approximate surface area is 195 Å². The van der Waals surface area contributed by atoms with E-state index in [1.165, 1.54) is 0 Å². The van der Waals surface area contributed by atoms with Crippen LogP contribution in [0.25, 0.3) is 5.69 Å². The molecule has 1 aliphatic rings. The van der Waals surface area contributed by atoms with Gasteiger partial charge in [0.05, 0.1) is 29.8 Å². The Balaban J connectivity index is 1.77. The SMILES string of the molecule is CCOC(=O)C[C@H](NC1CCN(CC(C)(C)C(=O)O)C1)c1cccc(-n2nc(C)cc2C)c1. The standard InChI is InChI=1S/C25H36N4O4/c1-6-33-23(30)14-22(26-20-10-11-28(15-20)16-25(4,5)24(31)32)19-8-7-9-21(13-19)29-18(3)12-17(2)27-29/h7-9,12-13,20,22,26H,6,10-11,14-16H2,1-5H3,(H,31,32)/t20?,22-/m0/s1. The second kappa shape index (κ2) is 10.5. The molecule has 2 atom stereocenters. The minimum absolute atomic E-state index is 0.159. The minimum Gasteiger partial charge on any atom is -0.481 e. The molecule has 2 N–H and O–H groups in total. The summed E-state index contributed by atoms with van der Waals surface area (Å²) in [6.45, 7) is 11.7. The molecule has 1 aromatic heterocycles. The number of nitrogens with zero attached hydrogens (tertiary/aromatic N) is 3. The molecule has 2 aromatic rings. The van der Waals surface area contributed by atoms with Crippen LogP contribution in [0, 0.1) is 19.3 Å². The topological polar surface area (TPSA) is 96.7 Å². The number of carbonyl (C=O) groups is 2. The summed E-state index contributed by atoms with van der Waals surface area (Å²) in [5.41, 5.74) is 3.15. The number of benzene rings is 1. The van der Waals surface area contributed by atoms with E-state index in [2.05, 4.69) is 21.4 Å². The van der Waals surface area contributed by atoms with Gasteiger partial charge in [-0.15, -0.1) is 0 Å². The van der Waals surface area contributed by atoms with Crippen LogP contribution in [0.15, 0.2) is 30.3 Å². The van der Waals surface area contributed by atoms with E-state index in [9.17, 15) is 14.7 Å². The molecule has 3 rings (SSSR count). The fraction of sp³-hybridized carbons (Fsp3) is 0.560. The van der Waals surface area contributed by atoms with Gasteiger partial charge in [-0.1, -0.05) is 12.1 Å². The van der Waals surface area contributed by atoms with Gasteiger partial charge >= 0.3 is 11.9 Å². The number of carboxylic acid groups (broad SMARTS) is 1. The lowest BCUT2D eigenvalue weighted by Crippen LogP contribution is -2.41. The van der Waals surface area contributed by atoms with Crippen molar-refractivity contribution in [1.82, 2.24) is 20.0 Å². The van der Waals surface area contributed by atoms with Gasteiger partial charge in [-0.3, -0.25) is 9.59 Å². The molecule has 1 aliphatic heterocycles. The Morgan fingerprint density at radius 1 is 1.30 bits per heavy atom. The van der Waals surface area contributed by atoms with Crippen molar-refractivity contribution in [2.24, 2.45) is 5.41 Å². The van der Waals surface area contributed by atoms with E-state index in [1.54, 1.807) is 13.8 Å². The normalized spacial score (nSPS) is 17.8. The molecular weight excluding hydrogens is 420 g/mol. The second-order valence-corrected chi connectivity index (χ2v) is 9.57. The third-order valence-corrected chi connectivity index (χ3v) is 6.11. The van der Waals surface area contributed by atoms with Gasteiger partial charge in [0.25, 0.3) is 0 Å². The zero-order valence-electron chi connectivity index (χ0n) is 20.3. The van der Waals surface area contributed by atoms with E-state index < -0.39 is 11.4 Å². The Kier molecular flexibility index (Phi) is 7.92. The summed E-state index contributed by atoms with van der Waals surface area (Å²) >= 11 is 0. The molecule has 0 spiro atoms. The van der Waals surface area contributed by atoms with Crippen LogP contribution < -0.4 is 5.32 Å². The molecule has 0 aliphatic carbocycles. The Hall–Kier alpha value is -2.71. The lowest BCUT2D eigenvalue weighted by Gasteiger charge is -2.27. The lowest BCUT2D eigenvalue weighted by atomic mass is 9.93. The molecular formula is C25H36N4O4. The van der Waals surface area contributed by atoms with Gasteiger partial charge < -0.3 is 20.1 Å². The van der Waals surface area contributed by atoms with E-state index >= 15 is 0 Å². The molecule has 1 aromatic carbocycles. The van der Waals surface area contributed by atoms with Crippen molar-refractivity contribution in [2.75, 3.05) is 26.2 Å². The number of aryl methyl sites for hydroxylation is 2. The number of likely N-dealkylation sites (tertiary alicyclic amines) is 1. The zero-order chi connectivity index (χ0) is 24.2. The summed E-state index contributed by atoms with van der Waals surface area (Å²) < 4.78 is 7.15. The summed E-state index contributed by atoms with van der Waals surface area (Å²) in [6.07, 6.45) is 1.12. The van der Waals surface area contributed by atoms with Gasteiger partial charge in [0.1, 0.15) is 0 Å². The van der Waals surface area contributed by atoms with Crippen molar-refractivity contribution in [3.63, 3.8) is 0 Å². The molecule has 8 nitrogen and oxygen atoms in total. The van der Waals surface area contributed by atoms with E-state index in [0.29, 0.717) is 13.2 Å². The first kappa shape index (κ1) is 24.9. The van der Waals surface area contributed by atoms with Crippen molar-refractivity contribution < 1.29 is 19.4 Å². The first-order valence-corrected chi connectivity index (χ1v) is 11.6. The van der Waals surface area contributed by atoms with Crippen molar-refractivity contribution in [3.8, 4) is 5.69 Å². The summed E-state index contributed by atoms with van der Waals surface area (Å²) in [5, 5.41) is 17.7. The third-order valence-electron chi connectivity index (χ3n) is 6.11. The number of nitrogens with one attached hydrogen (secondary N) is 1. The predicted octanol–water partition coefficient (Wildman–Crippen LogP) is 3.26. The van der Waals surface area contributed by atoms with Gasteiger partial charge in [0, 0.05) is 30.9 Å². The van der Waals surface area contributed by atoms with Crippen LogP contribution in [-0.2, 0) is 14.3 Å². The molecule has 0 amide bonds. The van der Waals surface area contributed by atoms with Crippen molar-refractivity contribution in [2.45, 2.75) is 59.5 Å². The number of aromatic nitrogens is 2.